The standard InChI is InChI=1S/C17H20Cl2N2O2/c18-12-6-7-14(19)15(9-12)21-10-11(8-16(21)22)17(23)20-13-4-2-1-3-5-13/h6-7,9,11,13H,1-5,8,10H2,(H,20,23)/t11-/m0/s1. The quantitative estimate of drug-likeness (QED) is 0.897. The summed E-state index contributed by atoms with van der Waals surface area (Å²) in [7, 11) is 0. The summed E-state index contributed by atoms with van der Waals surface area (Å²) < 4.78 is 0. The van der Waals surface area contributed by atoms with Crippen LogP contribution in [0, 0.1) is 5.92 Å². The minimum absolute atomic E-state index is 0.0223. The SMILES string of the molecule is O=C(NC1CCCCC1)[C@H]1CC(=O)N(c2cc(Cl)ccc2Cl)C1. The van der Waals surface area contributed by atoms with Crippen molar-refractivity contribution in [3.05, 3.63) is 28.2 Å². The van der Waals surface area contributed by atoms with Gasteiger partial charge in [-0.25, -0.2) is 0 Å². The molecular formula is C17H20Cl2N2O2. The van der Waals surface area contributed by atoms with Gasteiger partial charge in [-0.3, -0.25) is 9.59 Å². The molecular weight excluding hydrogens is 335 g/mol. The van der Waals surface area contributed by atoms with E-state index in [1.807, 2.05) is 0 Å². The molecule has 2 fully saturated rings. The van der Waals surface area contributed by atoms with E-state index in [-0.39, 0.29) is 30.2 Å². The number of carbonyl (C=O) groups is 2. The zero-order chi connectivity index (χ0) is 16.4. The average Bonchev–Trinajstić information content (AvgIpc) is 2.92. The minimum Gasteiger partial charge on any atom is -0.353 e. The van der Waals surface area contributed by atoms with Gasteiger partial charge in [0.2, 0.25) is 11.8 Å². The number of hydrogen-bond acceptors (Lipinski definition) is 2. The summed E-state index contributed by atoms with van der Waals surface area (Å²) in [4.78, 5) is 26.3. The topological polar surface area (TPSA) is 49.4 Å². The Bertz CT molecular complexity index is 615. The summed E-state index contributed by atoms with van der Waals surface area (Å²) in [6, 6.07) is 5.28. The molecule has 1 aromatic rings. The van der Waals surface area contributed by atoms with E-state index in [2.05, 4.69) is 5.32 Å². The Morgan fingerprint density at radius 1 is 1.17 bits per heavy atom. The maximum atomic E-state index is 12.4. The molecule has 1 aromatic carbocycles. The van der Waals surface area contributed by atoms with E-state index in [9.17, 15) is 9.59 Å². The minimum atomic E-state index is -0.320. The van der Waals surface area contributed by atoms with Crippen molar-refractivity contribution in [2.75, 3.05) is 11.4 Å². The molecule has 1 heterocycles. The molecule has 1 saturated carbocycles. The van der Waals surface area contributed by atoms with Gasteiger partial charge in [-0.15, -0.1) is 0 Å². The molecule has 2 aliphatic rings. The lowest BCUT2D eigenvalue weighted by Gasteiger charge is -2.24. The molecule has 2 amide bonds. The van der Waals surface area contributed by atoms with Gasteiger partial charge in [-0.05, 0) is 31.0 Å². The van der Waals surface area contributed by atoms with Crippen molar-refractivity contribution < 1.29 is 9.59 Å². The van der Waals surface area contributed by atoms with Crippen LogP contribution in [0.15, 0.2) is 18.2 Å². The molecule has 0 bridgehead atoms. The molecule has 0 radical (unpaired) electrons. The molecule has 124 valence electrons. The largest absolute Gasteiger partial charge is 0.353 e. The van der Waals surface area contributed by atoms with E-state index in [1.54, 1.807) is 23.1 Å². The van der Waals surface area contributed by atoms with E-state index in [0.29, 0.717) is 22.3 Å². The number of nitrogens with one attached hydrogen (secondary N) is 1. The van der Waals surface area contributed by atoms with E-state index < -0.39 is 0 Å². The molecule has 1 aliphatic carbocycles. The van der Waals surface area contributed by atoms with Crippen molar-refractivity contribution in [1.29, 1.82) is 0 Å². The summed E-state index contributed by atoms with van der Waals surface area (Å²) in [5, 5.41) is 4.09. The van der Waals surface area contributed by atoms with Gasteiger partial charge in [-0.1, -0.05) is 42.5 Å². The summed E-state index contributed by atoms with van der Waals surface area (Å²) in [5.41, 5.74) is 0.581. The predicted octanol–water partition coefficient (Wildman–Crippen LogP) is 3.80. The van der Waals surface area contributed by atoms with E-state index >= 15 is 0 Å². The first-order chi connectivity index (χ1) is 11.0. The third-order valence-corrected chi connectivity index (χ3v) is 5.20. The van der Waals surface area contributed by atoms with Gasteiger partial charge in [-0.2, -0.15) is 0 Å². The first-order valence-electron chi connectivity index (χ1n) is 8.10. The Hall–Kier alpha value is -1.26. The first-order valence-corrected chi connectivity index (χ1v) is 8.86. The highest BCUT2D eigenvalue weighted by molar-refractivity contribution is 6.35. The predicted molar refractivity (Wildman–Crippen MR) is 91.9 cm³/mol. The van der Waals surface area contributed by atoms with Crippen LogP contribution in [0.5, 0.6) is 0 Å². The molecule has 1 saturated heterocycles. The fraction of sp³-hybridized carbons (Fsp3) is 0.529. The molecule has 3 rings (SSSR count). The Kier molecular flexibility index (Phi) is 5.12. The van der Waals surface area contributed by atoms with E-state index in [1.165, 1.54) is 19.3 Å². The highest BCUT2D eigenvalue weighted by Gasteiger charge is 2.36. The number of anilines is 1. The van der Waals surface area contributed by atoms with Gasteiger partial charge in [0.15, 0.2) is 0 Å². The monoisotopic (exact) mass is 354 g/mol. The summed E-state index contributed by atoms with van der Waals surface area (Å²) >= 11 is 12.2. The van der Waals surface area contributed by atoms with Crippen molar-refractivity contribution in [1.82, 2.24) is 5.32 Å². The maximum Gasteiger partial charge on any atom is 0.227 e. The summed E-state index contributed by atoms with van der Waals surface area (Å²) in [6.07, 6.45) is 5.88. The molecule has 6 heteroatoms. The van der Waals surface area contributed by atoms with Crippen molar-refractivity contribution >= 4 is 40.7 Å². The van der Waals surface area contributed by atoms with Crippen molar-refractivity contribution in [2.45, 2.75) is 44.6 Å². The van der Waals surface area contributed by atoms with Gasteiger partial charge in [0.1, 0.15) is 0 Å². The number of halogens is 2. The number of hydrogen-bond donors (Lipinski definition) is 1. The molecule has 0 spiro atoms. The molecule has 1 N–H and O–H groups in total. The number of rotatable bonds is 3. The summed E-state index contributed by atoms with van der Waals surface area (Å²) in [6.45, 7) is 0.359. The van der Waals surface area contributed by atoms with Crippen LogP contribution in [0.2, 0.25) is 10.0 Å². The number of nitrogens with zero attached hydrogens (tertiary/aromatic N) is 1. The maximum absolute atomic E-state index is 12.4. The lowest BCUT2D eigenvalue weighted by atomic mass is 9.95. The molecule has 4 nitrogen and oxygen atoms in total. The zero-order valence-corrected chi connectivity index (χ0v) is 14.4. The second-order valence-electron chi connectivity index (χ2n) is 6.34. The lowest BCUT2D eigenvalue weighted by molar-refractivity contribution is -0.127. The second-order valence-corrected chi connectivity index (χ2v) is 7.19. The van der Waals surface area contributed by atoms with Gasteiger partial charge in [0, 0.05) is 24.0 Å². The second kappa shape index (κ2) is 7.10. The third-order valence-electron chi connectivity index (χ3n) is 4.65. The molecule has 0 aromatic heterocycles. The van der Waals surface area contributed by atoms with Crippen LogP contribution in [-0.2, 0) is 9.59 Å². The normalized spacial score (nSPS) is 22.4. The highest BCUT2D eigenvalue weighted by atomic mass is 35.5. The Morgan fingerprint density at radius 2 is 1.91 bits per heavy atom. The average molecular weight is 355 g/mol. The smallest absolute Gasteiger partial charge is 0.227 e. The molecule has 1 aliphatic heterocycles. The van der Waals surface area contributed by atoms with E-state index in [4.69, 9.17) is 23.2 Å². The highest BCUT2D eigenvalue weighted by Crippen LogP contribution is 2.33. The van der Waals surface area contributed by atoms with Gasteiger partial charge >= 0.3 is 0 Å². The molecule has 1 atom stereocenters. The zero-order valence-electron chi connectivity index (χ0n) is 12.9. The Balaban J connectivity index is 1.67. The van der Waals surface area contributed by atoms with Gasteiger partial charge in [0.25, 0.3) is 0 Å². The van der Waals surface area contributed by atoms with Crippen molar-refractivity contribution in [2.24, 2.45) is 5.92 Å². The lowest BCUT2D eigenvalue weighted by Crippen LogP contribution is -2.40. The molecule has 0 unspecified atom stereocenters. The first kappa shape index (κ1) is 16.6. The van der Waals surface area contributed by atoms with Crippen LogP contribution >= 0.6 is 23.2 Å². The fourth-order valence-corrected chi connectivity index (χ4v) is 3.76. The summed E-state index contributed by atoms with van der Waals surface area (Å²) in [5.74, 6) is -0.427. The van der Waals surface area contributed by atoms with Crippen LogP contribution in [0.1, 0.15) is 38.5 Å². The fourth-order valence-electron chi connectivity index (χ4n) is 3.37. The van der Waals surface area contributed by atoms with Crippen LogP contribution < -0.4 is 10.2 Å². The van der Waals surface area contributed by atoms with E-state index in [0.717, 1.165) is 12.8 Å². The van der Waals surface area contributed by atoms with Gasteiger partial charge in [0.05, 0.1) is 16.6 Å². The van der Waals surface area contributed by atoms with Crippen LogP contribution in [0.3, 0.4) is 0 Å². The van der Waals surface area contributed by atoms with Crippen molar-refractivity contribution in [3.63, 3.8) is 0 Å². The Morgan fingerprint density at radius 3 is 2.65 bits per heavy atom. The van der Waals surface area contributed by atoms with Crippen LogP contribution in [0.25, 0.3) is 0 Å². The van der Waals surface area contributed by atoms with Crippen LogP contribution in [0.4, 0.5) is 5.69 Å². The van der Waals surface area contributed by atoms with Gasteiger partial charge < -0.3 is 10.2 Å². The van der Waals surface area contributed by atoms with Crippen LogP contribution in [-0.4, -0.2) is 24.4 Å². The molecule has 23 heavy (non-hydrogen) atoms. The number of carbonyl (C=O) groups excluding carboxylic acids is 2. The number of benzene rings is 1. The van der Waals surface area contributed by atoms with Crippen molar-refractivity contribution in [3.8, 4) is 0 Å². The number of amides is 2. The Labute approximate surface area is 146 Å². The third kappa shape index (κ3) is 3.81.